The molecule has 1 aliphatic carbocycles. The van der Waals surface area contributed by atoms with Crippen molar-refractivity contribution in [2.75, 3.05) is 11.9 Å². The largest absolute Gasteiger partial charge is 0.370 e. The number of H-pyrrole nitrogens is 1. The number of nitrogens with two attached hydrogens (primary N) is 1. The molecule has 4 N–H and O–H groups in total. The number of aryl methyl sites for hydroxylation is 1. The van der Waals surface area contributed by atoms with E-state index in [-0.39, 0.29) is 11.6 Å². The molecule has 2 unspecified atom stereocenters. The molecule has 1 saturated carbocycles. The normalized spacial score (nSPS) is 24.6. The molecule has 0 aliphatic heterocycles. The lowest BCUT2D eigenvalue weighted by molar-refractivity contribution is 0.321. The average Bonchev–Trinajstić information content (AvgIpc) is 2.27. The van der Waals surface area contributed by atoms with Crippen LogP contribution in [0, 0.1) is 12.8 Å². The van der Waals surface area contributed by atoms with Crippen LogP contribution >= 0.6 is 0 Å². The van der Waals surface area contributed by atoms with Crippen molar-refractivity contribution < 1.29 is 0 Å². The molecule has 0 saturated heterocycles. The molecule has 1 heterocycles. The molecule has 1 aliphatic rings. The maximum Gasteiger partial charge on any atom is 0.252 e. The predicted molar refractivity (Wildman–Crippen MR) is 68.0 cm³/mol. The van der Waals surface area contributed by atoms with E-state index in [1.54, 1.807) is 6.92 Å². The van der Waals surface area contributed by atoms with E-state index in [9.17, 15) is 4.79 Å². The van der Waals surface area contributed by atoms with Crippen LogP contribution in [0.1, 0.15) is 31.5 Å². The number of hydrogen-bond donors (Lipinski definition) is 3. The third-order valence-corrected chi connectivity index (χ3v) is 3.37. The quantitative estimate of drug-likeness (QED) is 0.731. The van der Waals surface area contributed by atoms with E-state index in [0.717, 1.165) is 19.4 Å². The van der Waals surface area contributed by atoms with Crippen LogP contribution in [-0.2, 0) is 0 Å². The third-order valence-electron chi connectivity index (χ3n) is 3.37. The molecule has 1 aromatic rings. The topological polar surface area (TPSA) is 83.8 Å². The first kappa shape index (κ1) is 12.1. The van der Waals surface area contributed by atoms with Gasteiger partial charge in [-0.05, 0) is 25.7 Å². The number of rotatable bonds is 3. The van der Waals surface area contributed by atoms with Gasteiger partial charge >= 0.3 is 0 Å². The van der Waals surface area contributed by atoms with Crippen LogP contribution in [0.3, 0.4) is 0 Å². The van der Waals surface area contributed by atoms with Crippen molar-refractivity contribution >= 4 is 5.82 Å². The lowest BCUT2D eigenvalue weighted by Crippen LogP contribution is -2.37. The molecule has 0 amide bonds. The molecule has 5 nitrogen and oxygen atoms in total. The van der Waals surface area contributed by atoms with Gasteiger partial charge in [0.1, 0.15) is 11.6 Å². The molecule has 2 atom stereocenters. The molecule has 2 rings (SSSR count). The van der Waals surface area contributed by atoms with E-state index < -0.39 is 0 Å². The standard InChI is InChI=1S/C12H20N4O/c1-8-15-11(6-12(17)16-8)14-7-9-4-2-3-5-10(9)13/h6,9-10H,2-5,7,13H2,1H3,(H2,14,15,16,17). The van der Waals surface area contributed by atoms with E-state index in [2.05, 4.69) is 15.3 Å². The first-order valence-corrected chi connectivity index (χ1v) is 6.22. The van der Waals surface area contributed by atoms with E-state index in [1.165, 1.54) is 18.9 Å². The van der Waals surface area contributed by atoms with Gasteiger partial charge in [-0.25, -0.2) is 4.98 Å². The van der Waals surface area contributed by atoms with Gasteiger partial charge in [-0.3, -0.25) is 4.79 Å². The SMILES string of the molecule is Cc1nc(NCC2CCCCC2N)cc(=O)[nH]1. The Labute approximate surface area is 101 Å². The average molecular weight is 236 g/mol. The first-order chi connectivity index (χ1) is 8.15. The molecule has 17 heavy (non-hydrogen) atoms. The first-order valence-electron chi connectivity index (χ1n) is 6.22. The van der Waals surface area contributed by atoms with Gasteiger partial charge in [0, 0.05) is 18.7 Å². The summed E-state index contributed by atoms with van der Waals surface area (Å²) in [6.07, 6.45) is 4.76. The minimum Gasteiger partial charge on any atom is -0.370 e. The highest BCUT2D eigenvalue weighted by molar-refractivity contribution is 5.32. The summed E-state index contributed by atoms with van der Waals surface area (Å²) >= 11 is 0. The second-order valence-electron chi connectivity index (χ2n) is 4.81. The van der Waals surface area contributed by atoms with Crippen LogP contribution < -0.4 is 16.6 Å². The molecule has 0 bridgehead atoms. The minimum atomic E-state index is -0.118. The van der Waals surface area contributed by atoms with Crippen molar-refractivity contribution in [1.82, 2.24) is 9.97 Å². The van der Waals surface area contributed by atoms with Crippen molar-refractivity contribution in [3.05, 3.63) is 22.2 Å². The second kappa shape index (κ2) is 5.31. The summed E-state index contributed by atoms with van der Waals surface area (Å²) in [4.78, 5) is 18.1. The van der Waals surface area contributed by atoms with Gasteiger partial charge < -0.3 is 16.0 Å². The fourth-order valence-corrected chi connectivity index (χ4v) is 2.40. The number of aromatic nitrogens is 2. The van der Waals surface area contributed by atoms with Crippen LogP contribution in [0.2, 0.25) is 0 Å². The van der Waals surface area contributed by atoms with Gasteiger partial charge in [0.05, 0.1) is 0 Å². The molecule has 1 fully saturated rings. The summed E-state index contributed by atoms with van der Waals surface area (Å²) in [5.41, 5.74) is 5.96. The van der Waals surface area contributed by atoms with E-state index >= 15 is 0 Å². The smallest absolute Gasteiger partial charge is 0.252 e. The molecule has 5 heteroatoms. The van der Waals surface area contributed by atoms with Gasteiger partial charge in [0.15, 0.2) is 0 Å². The Morgan fingerprint density at radius 2 is 2.29 bits per heavy atom. The molecule has 94 valence electrons. The number of anilines is 1. The highest BCUT2D eigenvalue weighted by Crippen LogP contribution is 2.22. The van der Waals surface area contributed by atoms with Crippen molar-refractivity contribution in [1.29, 1.82) is 0 Å². The lowest BCUT2D eigenvalue weighted by Gasteiger charge is -2.28. The lowest BCUT2D eigenvalue weighted by atomic mass is 9.85. The summed E-state index contributed by atoms with van der Waals surface area (Å²) in [6.45, 7) is 2.58. The molecule has 0 spiro atoms. The van der Waals surface area contributed by atoms with Crippen LogP contribution in [0.5, 0.6) is 0 Å². The third kappa shape index (κ3) is 3.30. The van der Waals surface area contributed by atoms with E-state index in [0.29, 0.717) is 17.6 Å². The van der Waals surface area contributed by atoms with Crippen LogP contribution in [-0.4, -0.2) is 22.6 Å². The maximum absolute atomic E-state index is 11.3. The second-order valence-corrected chi connectivity index (χ2v) is 4.81. The van der Waals surface area contributed by atoms with Crippen molar-refractivity contribution in [3.8, 4) is 0 Å². The number of nitrogens with zero attached hydrogens (tertiary/aromatic N) is 1. The summed E-state index contributed by atoms with van der Waals surface area (Å²) in [5.74, 6) is 1.77. The van der Waals surface area contributed by atoms with Gasteiger partial charge in [0.2, 0.25) is 0 Å². The monoisotopic (exact) mass is 236 g/mol. The number of nitrogens with one attached hydrogen (secondary N) is 2. The van der Waals surface area contributed by atoms with E-state index in [4.69, 9.17) is 5.73 Å². The zero-order valence-corrected chi connectivity index (χ0v) is 10.2. The minimum absolute atomic E-state index is 0.118. The molecular formula is C12H20N4O. The summed E-state index contributed by atoms with van der Waals surface area (Å²) in [7, 11) is 0. The van der Waals surface area contributed by atoms with Crippen molar-refractivity contribution in [2.24, 2.45) is 11.7 Å². The highest BCUT2D eigenvalue weighted by Gasteiger charge is 2.21. The number of aromatic amines is 1. The Morgan fingerprint density at radius 1 is 1.53 bits per heavy atom. The Balaban J connectivity index is 1.94. The Kier molecular flexibility index (Phi) is 3.78. The van der Waals surface area contributed by atoms with Crippen LogP contribution in [0.4, 0.5) is 5.82 Å². The molecular weight excluding hydrogens is 216 g/mol. The Bertz CT molecular complexity index is 429. The molecule has 0 aromatic carbocycles. The van der Waals surface area contributed by atoms with Gasteiger partial charge in [-0.1, -0.05) is 12.8 Å². The number of hydrogen-bond acceptors (Lipinski definition) is 4. The van der Waals surface area contributed by atoms with E-state index in [1.807, 2.05) is 0 Å². The van der Waals surface area contributed by atoms with Crippen LogP contribution in [0.25, 0.3) is 0 Å². The maximum atomic E-state index is 11.3. The molecule has 1 aromatic heterocycles. The Hall–Kier alpha value is -1.36. The zero-order chi connectivity index (χ0) is 12.3. The summed E-state index contributed by atoms with van der Waals surface area (Å²) in [6, 6.07) is 1.76. The van der Waals surface area contributed by atoms with Crippen LogP contribution in [0.15, 0.2) is 10.9 Å². The fraction of sp³-hybridized carbons (Fsp3) is 0.667. The summed E-state index contributed by atoms with van der Waals surface area (Å²) < 4.78 is 0. The van der Waals surface area contributed by atoms with Crippen molar-refractivity contribution in [3.63, 3.8) is 0 Å². The van der Waals surface area contributed by atoms with Gasteiger partial charge in [0.25, 0.3) is 5.56 Å². The fourth-order valence-electron chi connectivity index (χ4n) is 2.40. The van der Waals surface area contributed by atoms with Crippen molar-refractivity contribution in [2.45, 2.75) is 38.6 Å². The highest BCUT2D eigenvalue weighted by atomic mass is 16.1. The molecule has 0 radical (unpaired) electrons. The predicted octanol–water partition coefficient (Wildman–Crippen LogP) is 1.01. The zero-order valence-electron chi connectivity index (χ0n) is 10.2. The summed E-state index contributed by atoms with van der Waals surface area (Å²) in [5, 5.41) is 3.22. The van der Waals surface area contributed by atoms with Gasteiger partial charge in [-0.2, -0.15) is 0 Å². The Morgan fingerprint density at radius 3 is 3.00 bits per heavy atom. The van der Waals surface area contributed by atoms with Gasteiger partial charge in [-0.15, -0.1) is 0 Å².